The first-order valence-electron chi connectivity index (χ1n) is 2.21. The highest BCUT2D eigenvalue weighted by molar-refractivity contribution is 5.86. The van der Waals surface area contributed by atoms with Gasteiger partial charge in [0.05, 0.1) is 0 Å². The lowest BCUT2D eigenvalue weighted by Crippen LogP contribution is -2.10. The Labute approximate surface area is 49.3 Å². The number of hydrogen-bond acceptors (Lipinski definition) is 2. The molecule has 1 aromatic rings. The summed E-state index contributed by atoms with van der Waals surface area (Å²) in [6, 6.07) is 0. The van der Waals surface area contributed by atoms with Crippen molar-refractivity contribution in [3.63, 3.8) is 0 Å². The average molecular weight is 128 g/mol. The maximum Gasteiger partial charge on any atom is 0.342 e. The van der Waals surface area contributed by atoms with Crippen LogP contribution < -0.4 is 5.56 Å². The lowest BCUT2D eigenvalue weighted by atomic mass is 10.4. The Morgan fingerprint density at radius 3 is 2.56 bits per heavy atom. The van der Waals surface area contributed by atoms with Gasteiger partial charge in [0, 0.05) is 6.20 Å². The molecule has 1 aromatic heterocycles. The number of nitrogens with one attached hydrogen (secondary N) is 2. The van der Waals surface area contributed by atoms with Crippen LogP contribution in [0.5, 0.6) is 0 Å². The molecule has 0 amide bonds. The summed E-state index contributed by atoms with van der Waals surface area (Å²) in [4.78, 5) is 20.4. The van der Waals surface area contributed by atoms with Gasteiger partial charge in [-0.3, -0.25) is 9.89 Å². The van der Waals surface area contributed by atoms with Crippen LogP contribution in [0.4, 0.5) is 0 Å². The molecule has 0 aliphatic rings. The summed E-state index contributed by atoms with van der Waals surface area (Å²) in [7, 11) is 0. The average Bonchev–Trinajstić information content (AvgIpc) is 2.13. The minimum absolute atomic E-state index is 0.269. The van der Waals surface area contributed by atoms with Crippen molar-refractivity contribution < 1.29 is 9.90 Å². The van der Waals surface area contributed by atoms with E-state index in [0.29, 0.717) is 0 Å². The van der Waals surface area contributed by atoms with Crippen LogP contribution in [0.25, 0.3) is 0 Å². The number of rotatable bonds is 1. The number of carbonyl (C=O) groups is 1. The van der Waals surface area contributed by atoms with E-state index in [9.17, 15) is 9.59 Å². The molecule has 0 aromatic carbocycles. The van der Waals surface area contributed by atoms with Gasteiger partial charge in [0.1, 0.15) is 5.56 Å². The van der Waals surface area contributed by atoms with E-state index in [1.165, 1.54) is 0 Å². The van der Waals surface area contributed by atoms with Crippen LogP contribution in [0.3, 0.4) is 0 Å². The Kier molecular flexibility index (Phi) is 1.11. The summed E-state index contributed by atoms with van der Waals surface area (Å²) < 4.78 is 0. The van der Waals surface area contributed by atoms with Gasteiger partial charge in [-0.1, -0.05) is 0 Å². The number of carboxylic acid groups (broad SMARTS) is 1. The molecule has 0 fully saturated rings. The third kappa shape index (κ3) is 0.835. The molecule has 0 radical (unpaired) electrons. The van der Waals surface area contributed by atoms with Gasteiger partial charge in [-0.2, -0.15) is 0 Å². The second-order valence-corrected chi connectivity index (χ2v) is 1.46. The Balaban J connectivity index is 3.24. The molecule has 3 N–H and O–H groups in total. The molecule has 0 unspecified atom stereocenters. The van der Waals surface area contributed by atoms with Gasteiger partial charge in [0.2, 0.25) is 0 Å². The molecule has 0 aliphatic heterocycles. The molecule has 48 valence electrons. The summed E-state index contributed by atoms with van der Waals surface area (Å²) in [5.41, 5.74) is -0.877. The van der Waals surface area contributed by atoms with E-state index in [0.717, 1.165) is 6.20 Å². The van der Waals surface area contributed by atoms with Crippen LogP contribution in [0, 0.1) is 0 Å². The highest BCUT2D eigenvalue weighted by Gasteiger charge is 2.06. The molecule has 0 bridgehead atoms. The van der Waals surface area contributed by atoms with Crippen molar-refractivity contribution in [2.45, 2.75) is 0 Å². The molecular formula is C4H4N2O3. The molecule has 9 heavy (non-hydrogen) atoms. The van der Waals surface area contributed by atoms with Gasteiger partial charge in [-0.05, 0) is 0 Å². The molecule has 5 nitrogen and oxygen atoms in total. The van der Waals surface area contributed by atoms with Gasteiger partial charge >= 0.3 is 5.97 Å². The zero-order valence-electron chi connectivity index (χ0n) is 4.34. The van der Waals surface area contributed by atoms with Gasteiger partial charge in [0.25, 0.3) is 5.56 Å². The number of aromatic carboxylic acids is 1. The lowest BCUT2D eigenvalue weighted by molar-refractivity contribution is 0.0695. The van der Waals surface area contributed by atoms with E-state index in [1.54, 1.807) is 0 Å². The minimum atomic E-state index is -1.22. The van der Waals surface area contributed by atoms with Crippen molar-refractivity contribution in [2.75, 3.05) is 0 Å². The van der Waals surface area contributed by atoms with E-state index >= 15 is 0 Å². The molecule has 1 heterocycles. The van der Waals surface area contributed by atoms with Crippen molar-refractivity contribution in [1.29, 1.82) is 0 Å². The fraction of sp³-hybridized carbons (Fsp3) is 0. The van der Waals surface area contributed by atoms with Crippen molar-refractivity contribution >= 4 is 5.97 Å². The Hall–Kier alpha value is -1.52. The van der Waals surface area contributed by atoms with Gasteiger partial charge in [-0.15, -0.1) is 0 Å². The van der Waals surface area contributed by atoms with E-state index in [1.807, 2.05) is 0 Å². The monoisotopic (exact) mass is 128 g/mol. The predicted molar refractivity (Wildman–Crippen MR) is 28.4 cm³/mol. The number of hydrogen-bond donors (Lipinski definition) is 3. The first-order chi connectivity index (χ1) is 4.22. The Morgan fingerprint density at radius 1 is 1.67 bits per heavy atom. The SMILES string of the molecule is O=C(O)c1c[nH][nH]c1=O. The van der Waals surface area contributed by atoms with Crippen LogP contribution in [0.1, 0.15) is 10.4 Å². The zero-order chi connectivity index (χ0) is 6.85. The maximum absolute atomic E-state index is 10.4. The molecule has 5 heteroatoms. The third-order valence-electron chi connectivity index (χ3n) is 0.877. The summed E-state index contributed by atoms with van der Waals surface area (Å²) in [5, 5.41) is 12.6. The summed E-state index contributed by atoms with van der Waals surface area (Å²) in [6.07, 6.45) is 1.10. The third-order valence-corrected chi connectivity index (χ3v) is 0.877. The second kappa shape index (κ2) is 1.77. The molecule has 1 rings (SSSR count). The van der Waals surface area contributed by atoms with Crippen LogP contribution >= 0.6 is 0 Å². The summed E-state index contributed by atoms with van der Waals surface area (Å²) in [6.45, 7) is 0. The molecule has 0 saturated carbocycles. The molecule has 0 spiro atoms. The molecule has 0 saturated heterocycles. The quantitative estimate of drug-likeness (QED) is 0.472. The topological polar surface area (TPSA) is 85.9 Å². The first-order valence-corrected chi connectivity index (χ1v) is 2.21. The van der Waals surface area contributed by atoms with E-state index in [-0.39, 0.29) is 5.56 Å². The fourth-order valence-corrected chi connectivity index (χ4v) is 0.466. The van der Waals surface area contributed by atoms with Gasteiger partial charge < -0.3 is 10.2 Å². The van der Waals surface area contributed by atoms with Crippen LogP contribution in [-0.4, -0.2) is 21.3 Å². The van der Waals surface area contributed by atoms with Crippen molar-refractivity contribution in [3.8, 4) is 0 Å². The number of aromatic amines is 2. The highest BCUT2D eigenvalue weighted by atomic mass is 16.4. The standard InChI is InChI=1S/C4H4N2O3/c7-3-2(4(8)9)1-5-6-3/h1H,(H,8,9)(H2,5,6,7). The first kappa shape index (κ1) is 5.61. The summed E-state index contributed by atoms with van der Waals surface area (Å²) in [5.74, 6) is -1.22. The number of carboxylic acids is 1. The maximum atomic E-state index is 10.4. The number of aromatic nitrogens is 2. The van der Waals surface area contributed by atoms with E-state index in [2.05, 4.69) is 10.2 Å². The fourth-order valence-electron chi connectivity index (χ4n) is 0.466. The molecule has 0 atom stereocenters. The van der Waals surface area contributed by atoms with Gasteiger partial charge in [-0.25, -0.2) is 4.79 Å². The summed E-state index contributed by atoms with van der Waals surface area (Å²) >= 11 is 0. The Bertz CT molecular complexity index is 271. The van der Waals surface area contributed by atoms with E-state index < -0.39 is 11.5 Å². The highest BCUT2D eigenvalue weighted by Crippen LogP contribution is 1.82. The lowest BCUT2D eigenvalue weighted by Gasteiger charge is -1.76. The van der Waals surface area contributed by atoms with E-state index in [4.69, 9.17) is 5.11 Å². The van der Waals surface area contributed by atoms with Crippen LogP contribution in [0.15, 0.2) is 11.0 Å². The normalized spacial score (nSPS) is 9.33. The van der Waals surface area contributed by atoms with Crippen LogP contribution in [-0.2, 0) is 0 Å². The second-order valence-electron chi connectivity index (χ2n) is 1.46. The van der Waals surface area contributed by atoms with Crippen molar-refractivity contribution in [2.24, 2.45) is 0 Å². The largest absolute Gasteiger partial charge is 0.477 e. The van der Waals surface area contributed by atoms with Crippen molar-refractivity contribution in [1.82, 2.24) is 10.2 Å². The minimum Gasteiger partial charge on any atom is -0.477 e. The Morgan fingerprint density at radius 2 is 2.33 bits per heavy atom. The van der Waals surface area contributed by atoms with Crippen LogP contribution in [0.2, 0.25) is 0 Å². The molecular weight excluding hydrogens is 124 g/mol. The zero-order valence-corrected chi connectivity index (χ0v) is 4.34. The predicted octanol–water partition coefficient (Wildman–Crippen LogP) is -0.599. The number of H-pyrrole nitrogens is 2. The van der Waals surface area contributed by atoms with Gasteiger partial charge in [0.15, 0.2) is 0 Å². The smallest absolute Gasteiger partial charge is 0.342 e. The van der Waals surface area contributed by atoms with Crippen molar-refractivity contribution in [3.05, 3.63) is 22.1 Å². The molecule has 0 aliphatic carbocycles.